The van der Waals surface area contributed by atoms with Crippen molar-refractivity contribution in [1.82, 2.24) is 10.3 Å². The molecule has 2 aromatic carbocycles. The lowest BCUT2D eigenvalue weighted by Crippen LogP contribution is -2.36. The molecule has 1 atom stereocenters. The topological polar surface area (TPSA) is 88.2 Å². The van der Waals surface area contributed by atoms with Crippen LogP contribution in [0.3, 0.4) is 0 Å². The number of anilines is 1. The zero-order valence-corrected chi connectivity index (χ0v) is 15.0. The fourth-order valence-electron chi connectivity index (χ4n) is 2.76. The molecule has 0 fully saturated rings. The molecule has 134 valence electrons. The molecule has 26 heavy (non-hydrogen) atoms. The summed E-state index contributed by atoms with van der Waals surface area (Å²) in [4.78, 5) is 16.6. The fraction of sp³-hybridized carbons (Fsp3) is 0.158. The number of sulfone groups is 1. The van der Waals surface area contributed by atoms with Crippen LogP contribution >= 0.6 is 0 Å². The predicted molar refractivity (Wildman–Crippen MR) is 103 cm³/mol. The average Bonchev–Trinajstić information content (AvgIpc) is 2.61. The fourth-order valence-corrected chi connectivity index (χ4v) is 3.64. The van der Waals surface area contributed by atoms with Crippen molar-refractivity contribution in [1.29, 1.82) is 0 Å². The first-order chi connectivity index (χ1) is 12.4. The smallest absolute Gasteiger partial charge is 0.319 e. The molecule has 3 rings (SSSR count). The largest absolute Gasteiger partial charge is 0.330 e. The second kappa shape index (κ2) is 7.53. The molecule has 0 saturated carbocycles. The molecule has 2 N–H and O–H groups in total. The predicted octanol–water partition coefficient (Wildman–Crippen LogP) is 3.14. The summed E-state index contributed by atoms with van der Waals surface area (Å²) in [6, 6.07) is 15.3. The molecule has 1 aromatic heterocycles. The number of benzene rings is 2. The highest BCUT2D eigenvalue weighted by atomic mass is 32.2. The Hall–Kier alpha value is -2.93. The van der Waals surface area contributed by atoms with Crippen LogP contribution in [0, 0.1) is 0 Å². The van der Waals surface area contributed by atoms with E-state index in [0.717, 1.165) is 22.6 Å². The quantitative estimate of drug-likeness (QED) is 0.723. The van der Waals surface area contributed by atoms with Crippen LogP contribution in [-0.4, -0.2) is 31.4 Å². The number of urea groups is 1. The van der Waals surface area contributed by atoms with Crippen molar-refractivity contribution in [2.75, 3.05) is 17.3 Å². The van der Waals surface area contributed by atoms with Crippen molar-refractivity contribution in [2.24, 2.45) is 0 Å². The van der Waals surface area contributed by atoms with Crippen molar-refractivity contribution in [3.05, 3.63) is 72.6 Å². The molecular formula is C19H19N3O3S. The van der Waals surface area contributed by atoms with E-state index in [1.54, 1.807) is 30.6 Å². The number of rotatable bonds is 5. The minimum Gasteiger partial charge on any atom is -0.330 e. The number of aromatic nitrogens is 1. The van der Waals surface area contributed by atoms with E-state index in [2.05, 4.69) is 15.6 Å². The summed E-state index contributed by atoms with van der Waals surface area (Å²) in [5, 5.41) is 7.32. The highest BCUT2D eigenvalue weighted by molar-refractivity contribution is 7.90. The normalized spacial score (nSPS) is 12.5. The molecule has 0 aliphatic rings. The van der Waals surface area contributed by atoms with Crippen LogP contribution in [0.25, 0.3) is 10.8 Å². The molecule has 7 heteroatoms. The van der Waals surface area contributed by atoms with Crippen LogP contribution in [0.2, 0.25) is 0 Å². The van der Waals surface area contributed by atoms with Gasteiger partial charge in [0.1, 0.15) is 9.84 Å². The monoisotopic (exact) mass is 369 g/mol. The third-order valence-electron chi connectivity index (χ3n) is 3.91. The Balaban J connectivity index is 1.81. The van der Waals surface area contributed by atoms with Crippen LogP contribution in [-0.2, 0) is 9.84 Å². The van der Waals surface area contributed by atoms with E-state index in [9.17, 15) is 13.2 Å². The number of amides is 2. The Morgan fingerprint density at radius 2 is 1.85 bits per heavy atom. The lowest BCUT2D eigenvalue weighted by Gasteiger charge is -2.19. The first kappa shape index (κ1) is 17.9. The van der Waals surface area contributed by atoms with E-state index in [1.807, 2.05) is 36.4 Å². The average molecular weight is 369 g/mol. The number of fused-ring (bicyclic) bond motifs is 1. The zero-order chi connectivity index (χ0) is 18.6. The van der Waals surface area contributed by atoms with E-state index in [1.165, 1.54) is 0 Å². The van der Waals surface area contributed by atoms with Crippen molar-refractivity contribution >= 4 is 32.3 Å². The van der Waals surface area contributed by atoms with Gasteiger partial charge in [-0.1, -0.05) is 42.5 Å². The molecule has 2 amide bonds. The van der Waals surface area contributed by atoms with Gasteiger partial charge in [-0.2, -0.15) is 0 Å². The standard InChI is InChI=1S/C19H19N3O3S/c1-26(24,25)13-18(14-6-3-2-4-7-14)22-19(23)21-17-9-5-8-15-12-20-11-10-16(15)17/h2-12,18H,13H2,1H3,(H2,21,22,23)/t18-/m0/s1. The molecule has 0 aliphatic heterocycles. The van der Waals surface area contributed by atoms with E-state index in [4.69, 9.17) is 0 Å². The van der Waals surface area contributed by atoms with Gasteiger partial charge in [-0.05, 0) is 17.7 Å². The Labute approximate surface area is 152 Å². The number of carbonyl (C=O) groups is 1. The maximum Gasteiger partial charge on any atom is 0.319 e. The van der Waals surface area contributed by atoms with Crippen LogP contribution in [0.15, 0.2) is 67.0 Å². The van der Waals surface area contributed by atoms with E-state index >= 15 is 0 Å². The molecule has 0 unspecified atom stereocenters. The number of nitrogens with one attached hydrogen (secondary N) is 2. The molecule has 0 aliphatic carbocycles. The SMILES string of the molecule is CS(=O)(=O)C[C@H](NC(=O)Nc1cccc2cnccc12)c1ccccc1. The summed E-state index contributed by atoms with van der Waals surface area (Å²) in [5.41, 5.74) is 1.36. The van der Waals surface area contributed by atoms with Crippen molar-refractivity contribution in [3.8, 4) is 0 Å². The van der Waals surface area contributed by atoms with Crippen LogP contribution in [0.4, 0.5) is 10.5 Å². The minimum atomic E-state index is -3.28. The van der Waals surface area contributed by atoms with Gasteiger partial charge in [-0.3, -0.25) is 4.98 Å². The minimum absolute atomic E-state index is 0.177. The Kier molecular flexibility index (Phi) is 5.18. The third kappa shape index (κ3) is 4.58. The molecular weight excluding hydrogens is 350 g/mol. The van der Waals surface area contributed by atoms with Gasteiger partial charge < -0.3 is 10.6 Å². The Morgan fingerprint density at radius 1 is 1.08 bits per heavy atom. The highest BCUT2D eigenvalue weighted by Gasteiger charge is 2.20. The van der Waals surface area contributed by atoms with Gasteiger partial charge >= 0.3 is 6.03 Å². The lowest BCUT2D eigenvalue weighted by atomic mass is 10.1. The van der Waals surface area contributed by atoms with Crippen LogP contribution in [0.1, 0.15) is 11.6 Å². The van der Waals surface area contributed by atoms with Gasteiger partial charge in [0.05, 0.1) is 17.5 Å². The van der Waals surface area contributed by atoms with Crippen molar-refractivity contribution < 1.29 is 13.2 Å². The Morgan fingerprint density at radius 3 is 2.58 bits per heavy atom. The number of carbonyl (C=O) groups excluding carboxylic acids is 1. The molecule has 3 aromatic rings. The second-order valence-electron chi connectivity index (χ2n) is 6.06. The number of nitrogens with zero attached hydrogens (tertiary/aromatic N) is 1. The van der Waals surface area contributed by atoms with Crippen molar-refractivity contribution in [3.63, 3.8) is 0 Å². The summed E-state index contributed by atoms with van der Waals surface area (Å²) >= 11 is 0. The van der Waals surface area contributed by atoms with Crippen LogP contribution < -0.4 is 10.6 Å². The van der Waals surface area contributed by atoms with Gasteiger partial charge in [0.15, 0.2) is 0 Å². The number of pyridine rings is 1. The summed E-state index contributed by atoms with van der Waals surface area (Å²) < 4.78 is 23.5. The van der Waals surface area contributed by atoms with E-state index in [0.29, 0.717) is 5.69 Å². The molecule has 0 spiro atoms. The maximum atomic E-state index is 12.5. The summed E-state index contributed by atoms with van der Waals surface area (Å²) in [7, 11) is -3.28. The van der Waals surface area contributed by atoms with Crippen molar-refractivity contribution in [2.45, 2.75) is 6.04 Å². The highest BCUT2D eigenvalue weighted by Crippen LogP contribution is 2.22. The third-order valence-corrected chi connectivity index (χ3v) is 4.84. The number of hydrogen-bond acceptors (Lipinski definition) is 4. The van der Waals surface area contributed by atoms with Crippen LogP contribution in [0.5, 0.6) is 0 Å². The first-order valence-corrected chi connectivity index (χ1v) is 10.1. The zero-order valence-electron chi connectivity index (χ0n) is 14.2. The Bertz CT molecular complexity index is 1020. The van der Waals surface area contributed by atoms with Gasteiger partial charge in [0.25, 0.3) is 0 Å². The van der Waals surface area contributed by atoms with Gasteiger partial charge in [0.2, 0.25) is 0 Å². The molecule has 0 radical (unpaired) electrons. The summed E-state index contributed by atoms with van der Waals surface area (Å²) in [6.07, 6.45) is 4.52. The molecule has 0 bridgehead atoms. The molecule has 0 saturated heterocycles. The van der Waals surface area contributed by atoms with Gasteiger partial charge in [-0.15, -0.1) is 0 Å². The molecule has 1 heterocycles. The lowest BCUT2D eigenvalue weighted by molar-refractivity contribution is 0.249. The van der Waals surface area contributed by atoms with E-state index < -0.39 is 21.9 Å². The molecule has 6 nitrogen and oxygen atoms in total. The summed E-state index contributed by atoms with van der Waals surface area (Å²) in [6.45, 7) is 0. The van der Waals surface area contributed by atoms with E-state index in [-0.39, 0.29) is 5.75 Å². The first-order valence-electron chi connectivity index (χ1n) is 8.05. The van der Waals surface area contributed by atoms with Gasteiger partial charge in [0, 0.05) is 29.4 Å². The van der Waals surface area contributed by atoms with Gasteiger partial charge in [-0.25, -0.2) is 13.2 Å². The number of hydrogen-bond donors (Lipinski definition) is 2. The maximum absolute atomic E-state index is 12.5. The second-order valence-corrected chi connectivity index (χ2v) is 8.24. The summed E-state index contributed by atoms with van der Waals surface area (Å²) in [5.74, 6) is -0.177.